The number of fused-ring (bicyclic) bond motifs is 2. The van der Waals surface area contributed by atoms with Crippen LogP contribution in [0.25, 0.3) is 0 Å². The van der Waals surface area contributed by atoms with E-state index in [1.807, 2.05) is 19.1 Å². The van der Waals surface area contributed by atoms with Gasteiger partial charge in [0.2, 0.25) is 10.0 Å². The minimum Gasteiger partial charge on any atom is -0.294 e. The van der Waals surface area contributed by atoms with Crippen LogP contribution in [0.3, 0.4) is 0 Å². The van der Waals surface area contributed by atoms with E-state index in [0.717, 1.165) is 18.5 Å². The minimum atomic E-state index is -3.33. The third kappa shape index (κ3) is 2.73. The van der Waals surface area contributed by atoms with Crippen molar-refractivity contribution in [2.24, 2.45) is 0 Å². The van der Waals surface area contributed by atoms with Crippen molar-refractivity contribution in [3.63, 3.8) is 0 Å². The van der Waals surface area contributed by atoms with Crippen LogP contribution in [0.4, 0.5) is 0 Å². The molecule has 1 aliphatic carbocycles. The van der Waals surface area contributed by atoms with Crippen LogP contribution in [0.2, 0.25) is 0 Å². The number of likely N-dealkylation sites (tertiary alicyclic amines) is 1. The van der Waals surface area contributed by atoms with Crippen molar-refractivity contribution in [1.29, 1.82) is 0 Å². The predicted molar refractivity (Wildman–Crippen MR) is 90.8 cm³/mol. The van der Waals surface area contributed by atoms with Crippen LogP contribution in [-0.2, 0) is 10.0 Å². The summed E-state index contributed by atoms with van der Waals surface area (Å²) in [6, 6.07) is 8.57. The predicted octanol–water partition coefficient (Wildman–Crippen LogP) is 2.77. The normalized spacial score (nSPS) is 30.1. The molecule has 2 atom stereocenters. The molecule has 1 aromatic carbocycles. The van der Waals surface area contributed by atoms with Gasteiger partial charge in [0.25, 0.3) is 0 Å². The highest BCUT2D eigenvalue weighted by Crippen LogP contribution is 2.38. The zero-order valence-corrected chi connectivity index (χ0v) is 14.6. The minimum absolute atomic E-state index is 0.174. The molecule has 0 amide bonds. The molecule has 4 nitrogen and oxygen atoms in total. The van der Waals surface area contributed by atoms with E-state index < -0.39 is 10.0 Å². The molecule has 0 radical (unpaired) electrons. The van der Waals surface area contributed by atoms with Crippen molar-refractivity contribution in [3.05, 3.63) is 29.8 Å². The summed E-state index contributed by atoms with van der Waals surface area (Å²) in [6.07, 6.45) is 7.66. The standard InChI is InChI=1S/C18H26N2O2S/c1-14-7-9-18(10-8-14)23(21,22)20-13-16-11-17(20)12-19(16)15-5-3-2-4-6-15/h7-10,15-17H,2-6,11-13H2,1H3/t16-,17-/m0/s1. The molecule has 0 spiro atoms. The Labute approximate surface area is 139 Å². The molecule has 0 aromatic heterocycles. The van der Waals surface area contributed by atoms with Crippen molar-refractivity contribution in [3.8, 4) is 0 Å². The molecular formula is C18H26N2O2S. The lowest BCUT2D eigenvalue weighted by molar-refractivity contribution is 0.104. The van der Waals surface area contributed by atoms with Crippen LogP contribution < -0.4 is 0 Å². The topological polar surface area (TPSA) is 40.6 Å². The van der Waals surface area contributed by atoms with Crippen molar-refractivity contribution < 1.29 is 8.42 Å². The number of sulfonamides is 1. The average molecular weight is 334 g/mol. The quantitative estimate of drug-likeness (QED) is 0.853. The number of hydrogen-bond donors (Lipinski definition) is 0. The van der Waals surface area contributed by atoms with Gasteiger partial charge in [0.15, 0.2) is 0 Å². The highest BCUT2D eigenvalue weighted by Gasteiger charge is 2.49. The first-order valence-electron chi connectivity index (χ1n) is 8.90. The van der Waals surface area contributed by atoms with Gasteiger partial charge >= 0.3 is 0 Å². The van der Waals surface area contributed by atoms with Gasteiger partial charge in [0, 0.05) is 31.2 Å². The summed E-state index contributed by atoms with van der Waals surface area (Å²) < 4.78 is 27.6. The lowest BCUT2D eigenvalue weighted by Gasteiger charge is -2.40. The number of aryl methyl sites for hydroxylation is 1. The van der Waals surface area contributed by atoms with Crippen LogP contribution in [0.5, 0.6) is 0 Å². The number of nitrogens with zero attached hydrogens (tertiary/aromatic N) is 2. The maximum Gasteiger partial charge on any atom is 0.243 e. The van der Waals surface area contributed by atoms with Crippen molar-refractivity contribution >= 4 is 10.0 Å². The van der Waals surface area contributed by atoms with Crippen molar-refractivity contribution in [1.82, 2.24) is 9.21 Å². The molecule has 2 heterocycles. The van der Waals surface area contributed by atoms with Gasteiger partial charge in [0.05, 0.1) is 4.90 Å². The zero-order chi connectivity index (χ0) is 16.0. The molecule has 1 aromatic rings. The van der Waals surface area contributed by atoms with Crippen molar-refractivity contribution in [2.75, 3.05) is 13.1 Å². The fourth-order valence-corrected chi connectivity index (χ4v) is 6.33. The molecule has 3 aliphatic rings. The first kappa shape index (κ1) is 15.6. The van der Waals surface area contributed by atoms with E-state index in [9.17, 15) is 8.42 Å². The first-order valence-corrected chi connectivity index (χ1v) is 10.3. The van der Waals surface area contributed by atoms with E-state index in [2.05, 4.69) is 4.90 Å². The maximum absolute atomic E-state index is 12.9. The highest BCUT2D eigenvalue weighted by molar-refractivity contribution is 7.89. The Bertz CT molecular complexity index is 665. The van der Waals surface area contributed by atoms with Crippen LogP contribution >= 0.6 is 0 Å². The maximum atomic E-state index is 12.9. The van der Waals surface area contributed by atoms with Crippen LogP contribution in [-0.4, -0.2) is 48.8 Å². The van der Waals surface area contributed by atoms with Crippen LogP contribution in [0.1, 0.15) is 44.1 Å². The zero-order valence-electron chi connectivity index (χ0n) is 13.8. The Hall–Kier alpha value is -0.910. The van der Waals surface area contributed by atoms with E-state index in [-0.39, 0.29) is 6.04 Å². The third-order valence-electron chi connectivity index (χ3n) is 5.90. The van der Waals surface area contributed by atoms with Crippen LogP contribution in [0.15, 0.2) is 29.2 Å². The van der Waals surface area contributed by atoms with E-state index in [0.29, 0.717) is 23.5 Å². The Kier molecular flexibility index (Phi) is 3.98. The van der Waals surface area contributed by atoms with Gasteiger partial charge in [-0.1, -0.05) is 37.0 Å². The number of hydrogen-bond acceptors (Lipinski definition) is 3. The number of benzene rings is 1. The Morgan fingerprint density at radius 3 is 2.22 bits per heavy atom. The highest BCUT2D eigenvalue weighted by atomic mass is 32.2. The lowest BCUT2D eigenvalue weighted by atomic mass is 9.93. The Morgan fingerprint density at radius 2 is 1.61 bits per heavy atom. The molecule has 0 unspecified atom stereocenters. The van der Waals surface area contributed by atoms with Gasteiger partial charge in [-0.15, -0.1) is 0 Å². The third-order valence-corrected chi connectivity index (χ3v) is 7.84. The summed E-state index contributed by atoms with van der Waals surface area (Å²) in [5.74, 6) is 0. The SMILES string of the molecule is Cc1ccc(S(=O)(=O)N2C[C@@H]3C[C@H]2CN3C2CCCCC2)cc1. The van der Waals surface area contributed by atoms with Gasteiger partial charge < -0.3 is 0 Å². The largest absolute Gasteiger partial charge is 0.294 e. The Morgan fingerprint density at radius 1 is 0.913 bits per heavy atom. The summed E-state index contributed by atoms with van der Waals surface area (Å²) in [6.45, 7) is 3.59. The summed E-state index contributed by atoms with van der Waals surface area (Å²) in [7, 11) is -3.33. The second kappa shape index (κ2) is 5.87. The molecule has 1 saturated carbocycles. The fraction of sp³-hybridized carbons (Fsp3) is 0.667. The van der Waals surface area contributed by atoms with Gasteiger partial charge in [-0.2, -0.15) is 4.31 Å². The molecule has 23 heavy (non-hydrogen) atoms. The molecule has 5 heteroatoms. The second-order valence-corrected chi connectivity index (χ2v) is 9.31. The van der Waals surface area contributed by atoms with E-state index in [4.69, 9.17) is 0 Å². The van der Waals surface area contributed by atoms with Gasteiger partial charge in [-0.05, 0) is 38.3 Å². The van der Waals surface area contributed by atoms with Gasteiger partial charge in [-0.25, -0.2) is 8.42 Å². The molecule has 2 saturated heterocycles. The summed E-state index contributed by atoms with van der Waals surface area (Å²) in [5, 5.41) is 0. The summed E-state index contributed by atoms with van der Waals surface area (Å²) in [4.78, 5) is 3.06. The van der Waals surface area contributed by atoms with E-state index in [1.165, 1.54) is 32.1 Å². The fourth-order valence-electron chi connectivity index (χ4n) is 4.66. The van der Waals surface area contributed by atoms with E-state index in [1.54, 1.807) is 16.4 Å². The molecular weight excluding hydrogens is 308 g/mol. The van der Waals surface area contributed by atoms with Gasteiger partial charge in [-0.3, -0.25) is 4.90 Å². The molecule has 2 aliphatic heterocycles. The first-order chi connectivity index (χ1) is 11.1. The summed E-state index contributed by atoms with van der Waals surface area (Å²) in [5.41, 5.74) is 1.09. The van der Waals surface area contributed by atoms with Crippen LogP contribution in [0, 0.1) is 6.92 Å². The number of rotatable bonds is 3. The molecule has 2 bridgehead atoms. The second-order valence-electron chi connectivity index (χ2n) is 7.42. The summed E-state index contributed by atoms with van der Waals surface area (Å²) >= 11 is 0. The average Bonchev–Trinajstić information content (AvgIpc) is 3.17. The molecule has 0 N–H and O–H groups in total. The lowest BCUT2D eigenvalue weighted by Crippen LogP contribution is -2.52. The Balaban J connectivity index is 1.50. The molecule has 4 rings (SSSR count). The van der Waals surface area contributed by atoms with Crippen molar-refractivity contribution in [2.45, 2.75) is 68.5 Å². The smallest absolute Gasteiger partial charge is 0.243 e. The van der Waals surface area contributed by atoms with Gasteiger partial charge in [0.1, 0.15) is 0 Å². The molecule has 3 fully saturated rings. The monoisotopic (exact) mass is 334 g/mol. The molecule has 126 valence electrons. The number of piperazine rings is 1. The van der Waals surface area contributed by atoms with E-state index >= 15 is 0 Å².